The summed E-state index contributed by atoms with van der Waals surface area (Å²) in [5.41, 5.74) is 2.12. The van der Waals surface area contributed by atoms with Crippen molar-refractivity contribution in [2.75, 3.05) is 34.7 Å². The molecule has 0 saturated carbocycles. The van der Waals surface area contributed by atoms with Crippen LogP contribution in [0.25, 0.3) is 11.3 Å². The van der Waals surface area contributed by atoms with Gasteiger partial charge in [-0.1, -0.05) is 18.2 Å². The highest BCUT2D eigenvalue weighted by atomic mass is 32.2. The van der Waals surface area contributed by atoms with Crippen molar-refractivity contribution in [3.05, 3.63) is 70.0 Å². The number of aromatic nitrogens is 1. The molecule has 0 fully saturated rings. The van der Waals surface area contributed by atoms with E-state index in [-0.39, 0.29) is 35.1 Å². The average Bonchev–Trinajstić information content (AvgIpc) is 3.30. The minimum absolute atomic E-state index is 0.00635. The molecule has 9 nitrogen and oxygen atoms in total. The van der Waals surface area contributed by atoms with Crippen LogP contribution in [0.5, 0.6) is 0 Å². The van der Waals surface area contributed by atoms with Crippen LogP contribution in [0.3, 0.4) is 0 Å². The zero-order chi connectivity index (χ0) is 25.8. The summed E-state index contributed by atoms with van der Waals surface area (Å²) in [6.07, 6.45) is 0.0380. The molecule has 11 heteroatoms. The minimum Gasteiger partial charge on any atom is -0.345 e. The summed E-state index contributed by atoms with van der Waals surface area (Å²) in [5.74, 6) is -0.901. The maximum Gasteiger partial charge on any atom is 0.253 e. The largest absolute Gasteiger partial charge is 0.345 e. The number of hydrogen-bond donors (Lipinski definition) is 1. The smallest absolute Gasteiger partial charge is 0.253 e. The zero-order valence-electron chi connectivity index (χ0n) is 19.8. The normalized spacial score (nSPS) is 11.3. The number of nitrogens with one attached hydrogen (secondary N) is 1. The number of benzene rings is 2. The highest BCUT2D eigenvalue weighted by Gasteiger charge is 2.19. The molecule has 0 atom stereocenters. The Morgan fingerprint density at radius 3 is 2.34 bits per heavy atom. The summed E-state index contributed by atoms with van der Waals surface area (Å²) in [5, 5.41) is 4.94. The van der Waals surface area contributed by atoms with Gasteiger partial charge < -0.3 is 10.2 Å². The molecule has 2 aromatic carbocycles. The highest BCUT2D eigenvalue weighted by Crippen LogP contribution is 2.23. The number of sulfonamides is 1. The van der Waals surface area contributed by atoms with E-state index in [1.54, 1.807) is 32.3 Å². The average molecular weight is 515 g/mol. The Hall–Kier alpha value is -3.41. The lowest BCUT2D eigenvalue weighted by atomic mass is 10.1. The third kappa shape index (κ3) is 6.38. The molecule has 184 valence electrons. The van der Waals surface area contributed by atoms with Gasteiger partial charge in [-0.25, -0.2) is 17.7 Å². The number of thiazole rings is 1. The molecule has 2 amide bonds. The predicted octanol–water partition coefficient (Wildman–Crippen LogP) is 2.30. The van der Waals surface area contributed by atoms with Gasteiger partial charge in [-0.05, 0) is 30.3 Å². The van der Waals surface area contributed by atoms with Crippen molar-refractivity contribution in [1.29, 1.82) is 0 Å². The number of carbonyl (C=O) groups excluding carboxylic acids is 3. The van der Waals surface area contributed by atoms with Crippen LogP contribution in [-0.2, 0) is 21.2 Å². The van der Waals surface area contributed by atoms with Gasteiger partial charge in [-0.2, -0.15) is 0 Å². The Labute approximate surface area is 208 Å². The summed E-state index contributed by atoms with van der Waals surface area (Å²) in [4.78, 5) is 43.1. The van der Waals surface area contributed by atoms with Crippen molar-refractivity contribution in [1.82, 2.24) is 19.5 Å². The SMILES string of the molecule is CN(C)C(=O)c1cccc(-c2csc(CC(=O)CNC(=O)c3cccc(S(=O)(=O)N(C)C)c3)n2)c1. The van der Waals surface area contributed by atoms with E-state index in [4.69, 9.17) is 0 Å². The van der Waals surface area contributed by atoms with Crippen molar-refractivity contribution in [3.8, 4) is 11.3 Å². The van der Waals surface area contributed by atoms with Gasteiger partial charge in [0.15, 0.2) is 5.78 Å². The first-order valence-electron chi connectivity index (χ1n) is 10.6. The Morgan fingerprint density at radius 1 is 0.971 bits per heavy atom. The van der Waals surface area contributed by atoms with Crippen molar-refractivity contribution < 1.29 is 22.8 Å². The number of hydrogen-bond acceptors (Lipinski definition) is 7. The first kappa shape index (κ1) is 26.2. The van der Waals surface area contributed by atoms with Gasteiger partial charge in [0.1, 0.15) is 5.01 Å². The second-order valence-electron chi connectivity index (χ2n) is 8.12. The number of carbonyl (C=O) groups is 3. The molecule has 3 aromatic rings. The van der Waals surface area contributed by atoms with Crippen LogP contribution in [0.15, 0.2) is 58.8 Å². The zero-order valence-corrected chi connectivity index (χ0v) is 21.4. The van der Waals surface area contributed by atoms with Gasteiger partial charge in [-0.3, -0.25) is 14.4 Å². The van der Waals surface area contributed by atoms with Crippen LogP contribution in [-0.4, -0.2) is 74.9 Å². The first-order valence-corrected chi connectivity index (χ1v) is 12.9. The van der Waals surface area contributed by atoms with Gasteiger partial charge >= 0.3 is 0 Å². The van der Waals surface area contributed by atoms with E-state index in [0.29, 0.717) is 16.3 Å². The molecule has 0 radical (unpaired) electrons. The molecule has 0 spiro atoms. The summed E-state index contributed by atoms with van der Waals surface area (Å²) < 4.78 is 25.6. The lowest BCUT2D eigenvalue weighted by Gasteiger charge is -2.12. The third-order valence-corrected chi connectivity index (χ3v) is 7.69. The topological polar surface area (TPSA) is 117 Å². The van der Waals surface area contributed by atoms with Crippen molar-refractivity contribution in [3.63, 3.8) is 0 Å². The fourth-order valence-corrected chi connectivity index (χ4v) is 4.90. The Morgan fingerprint density at radius 2 is 1.66 bits per heavy atom. The first-order chi connectivity index (χ1) is 16.5. The van der Waals surface area contributed by atoms with Gasteiger partial charge in [0.25, 0.3) is 11.8 Å². The van der Waals surface area contributed by atoms with Crippen LogP contribution >= 0.6 is 11.3 Å². The van der Waals surface area contributed by atoms with Gasteiger partial charge in [0.05, 0.1) is 23.6 Å². The van der Waals surface area contributed by atoms with Crippen molar-refractivity contribution in [2.45, 2.75) is 11.3 Å². The summed E-state index contributed by atoms with van der Waals surface area (Å²) >= 11 is 1.32. The fourth-order valence-electron chi connectivity index (χ4n) is 3.12. The quantitative estimate of drug-likeness (QED) is 0.468. The lowest BCUT2D eigenvalue weighted by molar-refractivity contribution is -0.117. The fraction of sp³-hybridized carbons (Fsp3) is 0.250. The van der Waals surface area contributed by atoms with E-state index >= 15 is 0 Å². The molecule has 0 aliphatic carbocycles. The monoisotopic (exact) mass is 514 g/mol. The summed E-state index contributed by atoms with van der Waals surface area (Å²) in [6.45, 7) is -0.217. The standard InChI is InChI=1S/C24H26N4O5S2/c1-27(2)24(31)18-9-5-7-16(11-18)21-15-34-22(26-21)13-19(29)14-25-23(30)17-8-6-10-20(12-17)35(32,33)28(3)4/h5-12,15H,13-14H2,1-4H3,(H,25,30). The number of Topliss-reactive ketones (excluding diaryl/α,β-unsaturated/α-hetero) is 1. The summed E-state index contributed by atoms with van der Waals surface area (Å²) in [6, 6.07) is 12.8. The molecule has 0 aliphatic rings. The van der Waals surface area contributed by atoms with E-state index in [1.165, 1.54) is 54.6 Å². The summed E-state index contributed by atoms with van der Waals surface area (Å²) in [7, 11) is 2.50. The Bertz CT molecular complexity index is 1360. The molecular weight excluding hydrogens is 488 g/mol. The lowest BCUT2D eigenvalue weighted by Crippen LogP contribution is -2.30. The second-order valence-corrected chi connectivity index (χ2v) is 11.2. The molecule has 1 heterocycles. The molecule has 3 rings (SSSR count). The van der Waals surface area contributed by atoms with Crippen molar-refractivity contribution in [2.24, 2.45) is 0 Å². The van der Waals surface area contributed by atoms with Crippen LogP contribution in [0.4, 0.5) is 0 Å². The Balaban J connectivity index is 1.61. The van der Waals surface area contributed by atoms with Gasteiger partial charge in [-0.15, -0.1) is 11.3 Å². The highest BCUT2D eigenvalue weighted by molar-refractivity contribution is 7.89. The molecule has 0 saturated heterocycles. The molecule has 35 heavy (non-hydrogen) atoms. The van der Waals surface area contributed by atoms with Gasteiger partial charge in [0.2, 0.25) is 10.0 Å². The maximum absolute atomic E-state index is 12.5. The Kier molecular flexibility index (Phi) is 8.15. The molecular formula is C24H26N4O5S2. The van der Waals surface area contributed by atoms with Crippen LogP contribution < -0.4 is 5.32 Å². The molecule has 1 N–H and O–H groups in total. The number of nitrogens with zero attached hydrogens (tertiary/aromatic N) is 3. The van der Waals surface area contributed by atoms with Gasteiger partial charge in [0, 0.05) is 50.3 Å². The van der Waals surface area contributed by atoms with E-state index in [2.05, 4.69) is 10.3 Å². The molecule has 0 unspecified atom stereocenters. The van der Waals surface area contributed by atoms with E-state index in [1.807, 2.05) is 11.4 Å². The number of ketones is 1. The minimum atomic E-state index is -3.68. The van der Waals surface area contributed by atoms with E-state index in [9.17, 15) is 22.8 Å². The molecule has 0 aliphatic heterocycles. The van der Waals surface area contributed by atoms with Crippen LogP contribution in [0.1, 0.15) is 25.7 Å². The van der Waals surface area contributed by atoms with Crippen molar-refractivity contribution >= 4 is 39.0 Å². The number of rotatable bonds is 9. The molecule has 0 bridgehead atoms. The molecule has 1 aromatic heterocycles. The number of amides is 2. The van der Waals surface area contributed by atoms with Crippen LogP contribution in [0, 0.1) is 0 Å². The van der Waals surface area contributed by atoms with Crippen LogP contribution in [0.2, 0.25) is 0 Å². The maximum atomic E-state index is 12.5. The third-order valence-electron chi connectivity index (χ3n) is 5.03. The second kappa shape index (κ2) is 10.9. The van der Waals surface area contributed by atoms with E-state index in [0.717, 1.165) is 9.87 Å². The van der Waals surface area contributed by atoms with E-state index < -0.39 is 15.9 Å². The predicted molar refractivity (Wildman–Crippen MR) is 134 cm³/mol.